The number of piperidine rings is 1. The van der Waals surface area contributed by atoms with E-state index in [4.69, 9.17) is 5.73 Å². The molecule has 0 atom stereocenters. The Morgan fingerprint density at radius 2 is 1.97 bits per heavy atom. The number of aryl methyl sites for hydroxylation is 2. The first-order valence-corrected chi connectivity index (χ1v) is 9.87. The Kier molecular flexibility index (Phi) is 4.09. The number of hydrogen-bond acceptors (Lipinski definition) is 6. The molecule has 0 bridgehead atoms. The number of nitrogens with one attached hydrogen (secondary N) is 1. The fourth-order valence-electron chi connectivity index (χ4n) is 4.17. The number of hydrogen-bond donors (Lipinski definition) is 2. The molecule has 148 valence electrons. The quantitative estimate of drug-likeness (QED) is 0.510. The highest BCUT2D eigenvalue weighted by Gasteiger charge is 2.19. The molecule has 1 fully saturated rings. The molecule has 3 N–H and O–H groups in total. The largest absolute Gasteiger partial charge is 0.398 e. The van der Waals surface area contributed by atoms with Gasteiger partial charge in [-0.3, -0.25) is 4.79 Å². The van der Waals surface area contributed by atoms with Crippen LogP contribution in [0, 0.1) is 13.8 Å². The van der Waals surface area contributed by atoms with E-state index < -0.39 is 0 Å². The average molecular weight is 389 g/mol. The van der Waals surface area contributed by atoms with Crippen LogP contribution in [-0.4, -0.2) is 37.5 Å². The zero-order chi connectivity index (χ0) is 20.1. The molecule has 0 unspecified atom stereocenters. The molecule has 1 aliphatic heterocycles. The topological polar surface area (TPSA) is 103 Å². The summed E-state index contributed by atoms with van der Waals surface area (Å²) in [6, 6.07) is 5.87. The van der Waals surface area contributed by atoms with Gasteiger partial charge in [0.1, 0.15) is 0 Å². The van der Waals surface area contributed by atoms with Crippen LogP contribution in [-0.2, 0) is 0 Å². The van der Waals surface area contributed by atoms with Gasteiger partial charge in [-0.1, -0.05) is 0 Å². The lowest BCUT2D eigenvalue weighted by molar-refractivity contribution is 0.333. The molecule has 1 aliphatic rings. The first-order valence-electron chi connectivity index (χ1n) is 9.87. The van der Waals surface area contributed by atoms with Crippen LogP contribution >= 0.6 is 0 Å². The third kappa shape index (κ3) is 2.96. The highest BCUT2D eigenvalue weighted by Crippen LogP contribution is 2.28. The predicted octanol–water partition coefficient (Wildman–Crippen LogP) is 2.23. The van der Waals surface area contributed by atoms with Gasteiger partial charge in [-0.15, -0.1) is 0 Å². The predicted molar refractivity (Wildman–Crippen MR) is 113 cm³/mol. The van der Waals surface area contributed by atoms with Gasteiger partial charge in [0.15, 0.2) is 5.65 Å². The second-order valence-electron chi connectivity index (χ2n) is 7.77. The van der Waals surface area contributed by atoms with Crippen LogP contribution < -0.4 is 16.6 Å². The van der Waals surface area contributed by atoms with Crippen LogP contribution in [0.25, 0.3) is 27.7 Å². The minimum absolute atomic E-state index is 0.114. The molecule has 1 saturated heterocycles. The van der Waals surface area contributed by atoms with E-state index in [-0.39, 0.29) is 11.6 Å². The average Bonchev–Trinajstić information content (AvgIpc) is 3.09. The zero-order valence-corrected chi connectivity index (χ0v) is 16.5. The van der Waals surface area contributed by atoms with Crippen molar-refractivity contribution in [3.63, 3.8) is 0 Å². The minimum atomic E-state index is -0.122. The lowest BCUT2D eigenvalue weighted by atomic mass is 10.0. The zero-order valence-electron chi connectivity index (χ0n) is 16.5. The van der Waals surface area contributed by atoms with E-state index in [0.29, 0.717) is 11.1 Å². The van der Waals surface area contributed by atoms with Gasteiger partial charge in [0.05, 0.1) is 35.2 Å². The first-order chi connectivity index (χ1) is 14.0. The van der Waals surface area contributed by atoms with Crippen LogP contribution in [0.4, 0.5) is 5.69 Å². The smallest absolute Gasteiger partial charge is 0.276 e. The van der Waals surface area contributed by atoms with Gasteiger partial charge in [-0.05, 0) is 63.5 Å². The molecule has 0 aliphatic carbocycles. The number of nitrogens with zero attached hydrogens (tertiary/aromatic N) is 5. The SMILES string of the molecule is Cc1cn2nc(-c3cc(N)c4c(=O)n(C5CCNCC5)ncc4c3)cc(C)c2n1. The van der Waals surface area contributed by atoms with Crippen LogP contribution in [0.2, 0.25) is 0 Å². The highest BCUT2D eigenvalue weighted by atomic mass is 16.1. The van der Waals surface area contributed by atoms with Crippen LogP contribution in [0.1, 0.15) is 30.1 Å². The summed E-state index contributed by atoms with van der Waals surface area (Å²) in [5.74, 6) is 0. The number of anilines is 1. The molecule has 5 rings (SSSR count). The maximum Gasteiger partial charge on any atom is 0.276 e. The highest BCUT2D eigenvalue weighted by molar-refractivity contribution is 5.95. The molecule has 0 radical (unpaired) electrons. The van der Waals surface area contributed by atoms with Gasteiger partial charge in [-0.25, -0.2) is 14.2 Å². The number of fused-ring (bicyclic) bond motifs is 2. The summed E-state index contributed by atoms with van der Waals surface area (Å²) in [6.45, 7) is 5.75. The Hall–Kier alpha value is -3.26. The molecule has 4 aromatic rings. The van der Waals surface area contributed by atoms with Gasteiger partial charge in [0.2, 0.25) is 0 Å². The van der Waals surface area contributed by atoms with Crippen molar-refractivity contribution in [2.45, 2.75) is 32.7 Å². The second kappa shape index (κ2) is 6.66. The maximum atomic E-state index is 13.1. The van der Waals surface area contributed by atoms with E-state index in [2.05, 4.69) is 20.5 Å². The third-order valence-corrected chi connectivity index (χ3v) is 5.62. The summed E-state index contributed by atoms with van der Waals surface area (Å²) in [5.41, 5.74) is 11.1. The lowest BCUT2D eigenvalue weighted by Crippen LogP contribution is -2.35. The molecule has 0 spiro atoms. The molecule has 4 heterocycles. The molecule has 8 heteroatoms. The van der Waals surface area contributed by atoms with Crippen molar-refractivity contribution in [2.24, 2.45) is 0 Å². The molecule has 0 saturated carbocycles. The Labute approximate surface area is 167 Å². The molecule has 29 heavy (non-hydrogen) atoms. The number of nitrogen functional groups attached to an aromatic ring is 1. The van der Waals surface area contributed by atoms with E-state index >= 15 is 0 Å². The van der Waals surface area contributed by atoms with Gasteiger partial charge >= 0.3 is 0 Å². The normalized spacial score (nSPS) is 15.4. The fourth-order valence-corrected chi connectivity index (χ4v) is 4.17. The van der Waals surface area contributed by atoms with Crippen molar-refractivity contribution in [2.75, 3.05) is 18.8 Å². The monoisotopic (exact) mass is 389 g/mol. The Balaban J connectivity index is 1.64. The molecule has 1 aromatic carbocycles. The van der Waals surface area contributed by atoms with Crippen LogP contribution in [0.5, 0.6) is 0 Å². The number of benzene rings is 1. The summed E-state index contributed by atoms with van der Waals surface area (Å²) in [6.07, 6.45) is 5.43. The van der Waals surface area contributed by atoms with Crippen molar-refractivity contribution in [3.05, 3.63) is 52.2 Å². The minimum Gasteiger partial charge on any atom is -0.398 e. The fraction of sp³-hybridized carbons (Fsp3) is 0.333. The van der Waals surface area contributed by atoms with E-state index in [9.17, 15) is 4.79 Å². The standard InChI is InChI=1S/C21H23N7O/c1-12-7-18(26-27-11-13(2)25-20(12)27)14-8-15-10-24-28(16-3-5-23-6-4-16)21(29)19(15)17(22)9-14/h7-11,16,23H,3-6,22H2,1-2H3. The van der Waals surface area contributed by atoms with Crippen molar-refractivity contribution in [3.8, 4) is 11.3 Å². The van der Waals surface area contributed by atoms with Crippen molar-refractivity contribution >= 4 is 22.1 Å². The molecule has 0 amide bonds. The second-order valence-corrected chi connectivity index (χ2v) is 7.77. The number of aromatic nitrogens is 5. The first kappa shape index (κ1) is 17.8. The lowest BCUT2D eigenvalue weighted by Gasteiger charge is -2.23. The van der Waals surface area contributed by atoms with Gasteiger partial charge in [0, 0.05) is 16.6 Å². The van der Waals surface area contributed by atoms with Crippen molar-refractivity contribution < 1.29 is 0 Å². The van der Waals surface area contributed by atoms with Gasteiger partial charge in [-0.2, -0.15) is 10.2 Å². The number of rotatable bonds is 2. The summed E-state index contributed by atoms with van der Waals surface area (Å²) in [7, 11) is 0. The molecule has 3 aromatic heterocycles. The molecule has 8 nitrogen and oxygen atoms in total. The van der Waals surface area contributed by atoms with E-state index in [0.717, 1.165) is 59.5 Å². The Morgan fingerprint density at radius 1 is 1.17 bits per heavy atom. The van der Waals surface area contributed by atoms with E-state index in [1.165, 1.54) is 0 Å². The summed E-state index contributed by atoms with van der Waals surface area (Å²) in [4.78, 5) is 17.6. The Morgan fingerprint density at radius 3 is 2.76 bits per heavy atom. The molecular weight excluding hydrogens is 366 g/mol. The van der Waals surface area contributed by atoms with Crippen LogP contribution in [0.3, 0.4) is 0 Å². The Bertz CT molecular complexity index is 1300. The summed E-state index contributed by atoms with van der Waals surface area (Å²) < 4.78 is 3.38. The molecular formula is C21H23N7O. The number of nitrogens with two attached hydrogens (primary N) is 1. The summed E-state index contributed by atoms with van der Waals surface area (Å²) in [5, 5.41) is 13.7. The van der Waals surface area contributed by atoms with Crippen molar-refractivity contribution in [1.82, 2.24) is 29.7 Å². The van der Waals surface area contributed by atoms with Gasteiger partial charge in [0.25, 0.3) is 5.56 Å². The van der Waals surface area contributed by atoms with E-state index in [1.54, 1.807) is 15.4 Å². The third-order valence-electron chi connectivity index (χ3n) is 5.62. The van der Waals surface area contributed by atoms with Crippen molar-refractivity contribution in [1.29, 1.82) is 0 Å². The summed E-state index contributed by atoms with van der Waals surface area (Å²) >= 11 is 0. The van der Waals surface area contributed by atoms with Gasteiger partial charge < -0.3 is 11.1 Å². The maximum absolute atomic E-state index is 13.1. The van der Waals surface area contributed by atoms with Crippen LogP contribution in [0.15, 0.2) is 35.4 Å². The number of imidazole rings is 1. The van der Waals surface area contributed by atoms with E-state index in [1.807, 2.05) is 38.2 Å².